The fraction of sp³-hybridized carbons (Fsp3) is 0.333. The predicted molar refractivity (Wildman–Crippen MR) is 141 cm³/mol. The highest BCUT2D eigenvalue weighted by Crippen LogP contribution is 2.43. The van der Waals surface area contributed by atoms with Crippen LogP contribution in [0.2, 0.25) is 0 Å². The van der Waals surface area contributed by atoms with Crippen LogP contribution < -0.4 is 14.2 Å². The lowest BCUT2D eigenvalue weighted by atomic mass is 9.84. The molecule has 0 unspecified atom stereocenters. The normalized spacial score (nSPS) is 18.3. The van der Waals surface area contributed by atoms with Crippen LogP contribution in [0.15, 0.2) is 60.7 Å². The van der Waals surface area contributed by atoms with Crippen molar-refractivity contribution in [2.45, 2.75) is 25.6 Å². The minimum Gasteiger partial charge on any atom is -0.497 e. The first-order chi connectivity index (χ1) is 17.2. The molecule has 4 aromatic rings. The largest absolute Gasteiger partial charge is 0.497 e. The average molecular weight is 469 g/mol. The summed E-state index contributed by atoms with van der Waals surface area (Å²) in [7, 11) is 5.14. The fourth-order valence-electron chi connectivity index (χ4n) is 6.01. The summed E-state index contributed by atoms with van der Waals surface area (Å²) >= 11 is 0. The van der Waals surface area contributed by atoms with Crippen molar-refractivity contribution in [2.24, 2.45) is 0 Å². The van der Waals surface area contributed by atoms with Gasteiger partial charge in [0, 0.05) is 38.8 Å². The maximum absolute atomic E-state index is 5.71. The van der Waals surface area contributed by atoms with E-state index in [1.54, 1.807) is 21.3 Å². The van der Waals surface area contributed by atoms with Crippen molar-refractivity contribution in [3.63, 3.8) is 0 Å². The molecule has 2 heterocycles. The number of nitrogens with zero attached hydrogens (tertiary/aromatic N) is 2. The molecule has 0 spiro atoms. The Labute approximate surface area is 206 Å². The maximum atomic E-state index is 5.71. The van der Waals surface area contributed by atoms with Crippen molar-refractivity contribution < 1.29 is 14.2 Å². The Hall–Kier alpha value is -3.28. The highest BCUT2D eigenvalue weighted by atomic mass is 16.5. The molecule has 2 aliphatic rings. The van der Waals surface area contributed by atoms with Gasteiger partial charge in [-0.15, -0.1) is 0 Å². The molecule has 5 heteroatoms. The van der Waals surface area contributed by atoms with Gasteiger partial charge in [-0.05, 0) is 68.9 Å². The molecule has 0 saturated carbocycles. The first-order valence-electron chi connectivity index (χ1n) is 12.4. The smallest absolute Gasteiger partial charge is 0.161 e. The predicted octanol–water partition coefficient (Wildman–Crippen LogP) is 5.26. The number of fused-ring (bicyclic) bond motifs is 7. The minimum absolute atomic E-state index is 0.506. The third-order valence-electron chi connectivity index (χ3n) is 7.79. The lowest BCUT2D eigenvalue weighted by molar-refractivity contribution is 0.0574. The van der Waals surface area contributed by atoms with Gasteiger partial charge < -0.3 is 14.2 Å². The Morgan fingerprint density at radius 2 is 1.49 bits per heavy atom. The Bertz CT molecular complexity index is 1390. The van der Waals surface area contributed by atoms with E-state index in [0.29, 0.717) is 6.04 Å². The van der Waals surface area contributed by atoms with Crippen LogP contribution in [-0.4, -0.2) is 56.8 Å². The molecule has 180 valence electrons. The second kappa shape index (κ2) is 9.06. The standard InChI is InChI=1S/C30H32N2O3/c1-33-22-9-10-23-25(14-22)27-16-30(35-3)29(34-2)15-26(27)24-13-21-18-31(11-12-32(21)19-28(23)24)17-20-7-5-4-6-8-20/h4-10,14-16,21H,11-13,17-19H2,1-3H3/t21-/m0/s1. The van der Waals surface area contributed by atoms with Crippen LogP contribution in [0.4, 0.5) is 0 Å². The van der Waals surface area contributed by atoms with Crippen molar-refractivity contribution in [2.75, 3.05) is 41.0 Å². The third-order valence-corrected chi connectivity index (χ3v) is 7.79. The lowest BCUT2D eigenvalue weighted by Gasteiger charge is -2.45. The van der Waals surface area contributed by atoms with Gasteiger partial charge in [0.2, 0.25) is 0 Å². The zero-order valence-electron chi connectivity index (χ0n) is 20.7. The Morgan fingerprint density at radius 3 is 2.23 bits per heavy atom. The summed E-state index contributed by atoms with van der Waals surface area (Å²) in [5.74, 6) is 2.41. The Morgan fingerprint density at radius 1 is 0.743 bits per heavy atom. The van der Waals surface area contributed by atoms with Crippen LogP contribution in [0, 0.1) is 0 Å². The van der Waals surface area contributed by atoms with Gasteiger partial charge in [-0.3, -0.25) is 9.80 Å². The van der Waals surface area contributed by atoms with Gasteiger partial charge in [-0.25, -0.2) is 0 Å². The van der Waals surface area contributed by atoms with E-state index in [9.17, 15) is 0 Å². The molecule has 0 bridgehead atoms. The molecular formula is C30H32N2O3. The van der Waals surface area contributed by atoms with E-state index in [0.717, 1.165) is 56.4 Å². The molecule has 0 aromatic heterocycles. The third kappa shape index (κ3) is 3.89. The van der Waals surface area contributed by atoms with Gasteiger partial charge in [0.25, 0.3) is 0 Å². The SMILES string of the molecule is COc1ccc2c3c(c4cc(OC)c(OC)cc4c2c1)C[C@H]1CN(Cc2ccccc2)CCN1C3. The number of hydrogen-bond acceptors (Lipinski definition) is 5. The molecule has 1 fully saturated rings. The van der Waals surface area contributed by atoms with Crippen LogP contribution >= 0.6 is 0 Å². The van der Waals surface area contributed by atoms with E-state index in [-0.39, 0.29) is 0 Å². The van der Waals surface area contributed by atoms with Crippen LogP contribution in [0.1, 0.15) is 16.7 Å². The van der Waals surface area contributed by atoms with Gasteiger partial charge >= 0.3 is 0 Å². The van der Waals surface area contributed by atoms with Crippen LogP contribution in [0.3, 0.4) is 0 Å². The van der Waals surface area contributed by atoms with Crippen molar-refractivity contribution in [3.05, 3.63) is 77.4 Å². The molecule has 0 radical (unpaired) electrons. The topological polar surface area (TPSA) is 34.2 Å². The van der Waals surface area contributed by atoms with E-state index < -0.39 is 0 Å². The number of benzene rings is 4. The minimum atomic E-state index is 0.506. The fourth-order valence-corrected chi connectivity index (χ4v) is 6.01. The molecule has 0 aliphatic carbocycles. The monoisotopic (exact) mass is 468 g/mol. The maximum Gasteiger partial charge on any atom is 0.161 e. The van der Waals surface area contributed by atoms with E-state index in [1.165, 1.54) is 38.2 Å². The number of ether oxygens (including phenoxy) is 3. The summed E-state index contributed by atoms with van der Waals surface area (Å²) in [4.78, 5) is 5.29. The van der Waals surface area contributed by atoms with Gasteiger partial charge in [-0.2, -0.15) is 0 Å². The molecule has 4 aromatic carbocycles. The van der Waals surface area contributed by atoms with Crippen molar-refractivity contribution in [1.29, 1.82) is 0 Å². The first-order valence-corrected chi connectivity index (χ1v) is 12.4. The molecule has 5 nitrogen and oxygen atoms in total. The van der Waals surface area contributed by atoms with Gasteiger partial charge in [-0.1, -0.05) is 36.4 Å². The highest BCUT2D eigenvalue weighted by Gasteiger charge is 2.33. The van der Waals surface area contributed by atoms with Gasteiger partial charge in [0.1, 0.15) is 5.75 Å². The summed E-state index contributed by atoms with van der Waals surface area (Å²) in [6, 6.07) is 22.1. The molecule has 35 heavy (non-hydrogen) atoms. The number of rotatable bonds is 5. The molecular weight excluding hydrogens is 436 g/mol. The van der Waals surface area contributed by atoms with Crippen molar-refractivity contribution >= 4 is 21.5 Å². The average Bonchev–Trinajstić information content (AvgIpc) is 2.91. The van der Waals surface area contributed by atoms with E-state index in [1.807, 2.05) is 0 Å². The number of hydrogen-bond donors (Lipinski definition) is 0. The molecule has 0 N–H and O–H groups in total. The summed E-state index contributed by atoms with van der Waals surface area (Å²) in [5.41, 5.74) is 4.27. The van der Waals surface area contributed by atoms with Crippen molar-refractivity contribution in [1.82, 2.24) is 9.80 Å². The van der Waals surface area contributed by atoms with Gasteiger partial charge in [0.15, 0.2) is 11.5 Å². The van der Waals surface area contributed by atoms with Crippen LogP contribution in [0.25, 0.3) is 21.5 Å². The summed E-state index contributed by atoms with van der Waals surface area (Å²) in [5, 5.41) is 4.98. The van der Waals surface area contributed by atoms with Crippen molar-refractivity contribution in [3.8, 4) is 17.2 Å². The second-order valence-corrected chi connectivity index (χ2v) is 9.67. The molecule has 2 aliphatic heterocycles. The zero-order chi connectivity index (χ0) is 23.9. The number of methoxy groups -OCH3 is 3. The van der Waals surface area contributed by atoms with Gasteiger partial charge in [0.05, 0.1) is 21.3 Å². The first kappa shape index (κ1) is 22.2. The van der Waals surface area contributed by atoms with E-state index in [2.05, 4.69) is 70.5 Å². The molecule has 6 rings (SSSR count). The highest BCUT2D eigenvalue weighted by molar-refractivity contribution is 6.12. The molecule has 1 saturated heterocycles. The summed E-state index contributed by atoms with van der Waals surface area (Å²) in [6.45, 7) is 5.28. The van der Waals surface area contributed by atoms with E-state index in [4.69, 9.17) is 14.2 Å². The summed E-state index contributed by atoms with van der Waals surface area (Å²) < 4.78 is 17.0. The Balaban J connectivity index is 1.45. The summed E-state index contributed by atoms with van der Waals surface area (Å²) in [6.07, 6.45) is 1.04. The molecule has 1 atom stereocenters. The molecule has 0 amide bonds. The second-order valence-electron chi connectivity index (χ2n) is 9.67. The zero-order valence-corrected chi connectivity index (χ0v) is 20.7. The van der Waals surface area contributed by atoms with Crippen LogP contribution in [-0.2, 0) is 19.5 Å². The lowest BCUT2D eigenvalue weighted by Crippen LogP contribution is -2.54. The quantitative estimate of drug-likeness (QED) is 0.373. The number of piperazine rings is 1. The Kier molecular flexibility index (Phi) is 5.75. The van der Waals surface area contributed by atoms with E-state index >= 15 is 0 Å². The van der Waals surface area contributed by atoms with Crippen LogP contribution in [0.5, 0.6) is 17.2 Å².